The van der Waals surface area contributed by atoms with Crippen molar-refractivity contribution in [2.45, 2.75) is 38.8 Å². The van der Waals surface area contributed by atoms with E-state index in [1.807, 2.05) is 6.92 Å². The summed E-state index contributed by atoms with van der Waals surface area (Å²) >= 11 is 0. The van der Waals surface area contributed by atoms with Crippen molar-refractivity contribution in [2.24, 2.45) is 17.2 Å². The summed E-state index contributed by atoms with van der Waals surface area (Å²) in [7, 11) is -2.66. The Morgan fingerprint density at radius 1 is 1.06 bits per heavy atom. The second kappa shape index (κ2) is 10.9. The summed E-state index contributed by atoms with van der Waals surface area (Å²) in [5.41, 5.74) is 16.7. The third kappa shape index (κ3) is 8.14. The lowest BCUT2D eigenvalue weighted by atomic mass is 10.4. The molecule has 0 aromatic heterocycles. The molecule has 0 aliphatic carbocycles. The highest BCUT2D eigenvalue weighted by Crippen LogP contribution is 2.19. The molecule has 0 saturated heterocycles. The summed E-state index contributed by atoms with van der Waals surface area (Å²) < 4.78 is 17.4. The van der Waals surface area contributed by atoms with Crippen molar-refractivity contribution in [3.8, 4) is 0 Å². The molecule has 0 fully saturated rings. The predicted molar refractivity (Wildman–Crippen MR) is 75.1 cm³/mol. The van der Waals surface area contributed by atoms with Gasteiger partial charge in [0.1, 0.15) is 0 Å². The van der Waals surface area contributed by atoms with Gasteiger partial charge in [-0.15, -0.1) is 0 Å². The van der Waals surface area contributed by atoms with Crippen molar-refractivity contribution in [2.75, 3.05) is 32.9 Å². The van der Waals surface area contributed by atoms with E-state index in [-0.39, 0.29) is 6.04 Å². The second-order valence-electron chi connectivity index (χ2n) is 4.35. The maximum atomic E-state index is 5.86. The lowest BCUT2D eigenvalue weighted by Crippen LogP contribution is -2.49. The van der Waals surface area contributed by atoms with Gasteiger partial charge < -0.3 is 30.5 Å². The van der Waals surface area contributed by atoms with Gasteiger partial charge in [0, 0.05) is 25.2 Å². The Hall–Kier alpha value is -0.0231. The zero-order valence-electron chi connectivity index (χ0n) is 11.7. The zero-order valence-corrected chi connectivity index (χ0v) is 12.7. The Labute approximate surface area is 111 Å². The molecule has 0 aliphatic rings. The molecule has 0 rings (SSSR count). The first-order valence-corrected chi connectivity index (χ1v) is 8.61. The summed E-state index contributed by atoms with van der Waals surface area (Å²) in [6, 6.07) is 0.748. The highest BCUT2D eigenvalue weighted by molar-refractivity contribution is 6.60. The van der Waals surface area contributed by atoms with Gasteiger partial charge in [0.05, 0.1) is 19.8 Å². The topological polar surface area (TPSA) is 106 Å². The van der Waals surface area contributed by atoms with Crippen LogP contribution in [0.15, 0.2) is 0 Å². The van der Waals surface area contributed by atoms with E-state index in [4.69, 9.17) is 30.5 Å². The van der Waals surface area contributed by atoms with Crippen molar-refractivity contribution < 1.29 is 13.3 Å². The molecule has 6 N–H and O–H groups in total. The molecule has 6 nitrogen and oxygen atoms in total. The van der Waals surface area contributed by atoms with Gasteiger partial charge in [-0.05, 0) is 13.3 Å². The fraction of sp³-hybridized carbons (Fsp3) is 1.00. The van der Waals surface area contributed by atoms with Gasteiger partial charge in [-0.3, -0.25) is 0 Å². The van der Waals surface area contributed by atoms with E-state index in [0.717, 1.165) is 18.9 Å². The fourth-order valence-corrected chi connectivity index (χ4v) is 4.27. The standard InChI is InChI=1S/C11H29N3O3Si/c1-3-4-9-18(15-7-5-12,16-8-6-13)17-10-11(2)14/h11H,3-10,12-14H2,1-2H3. The highest BCUT2D eigenvalue weighted by Gasteiger charge is 2.40. The van der Waals surface area contributed by atoms with Crippen LogP contribution in [0.4, 0.5) is 0 Å². The number of nitrogens with two attached hydrogens (primary N) is 3. The summed E-state index contributed by atoms with van der Waals surface area (Å²) in [5, 5.41) is 0. The maximum absolute atomic E-state index is 5.86. The van der Waals surface area contributed by atoms with Crippen LogP contribution in [0.3, 0.4) is 0 Å². The van der Waals surface area contributed by atoms with E-state index >= 15 is 0 Å². The average Bonchev–Trinajstić information content (AvgIpc) is 2.37. The molecule has 0 aliphatic heterocycles. The van der Waals surface area contributed by atoms with Gasteiger partial charge >= 0.3 is 8.80 Å². The van der Waals surface area contributed by atoms with Crippen LogP contribution in [-0.2, 0) is 13.3 Å². The summed E-state index contributed by atoms with van der Waals surface area (Å²) in [5.74, 6) is 0. The van der Waals surface area contributed by atoms with E-state index in [1.165, 1.54) is 0 Å². The Kier molecular flexibility index (Phi) is 10.8. The van der Waals surface area contributed by atoms with Gasteiger partial charge in [-0.2, -0.15) is 0 Å². The van der Waals surface area contributed by atoms with Gasteiger partial charge in [-0.1, -0.05) is 13.3 Å². The molecule has 0 radical (unpaired) electrons. The van der Waals surface area contributed by atoms with Gasteiger partial charge in [-0.25, -0.2) is 0 Å². The van der Waals surface area contributed by atoms with Crippen molar-refractivity contribution >= 4 is 8.80 Å². The fourth-order valence-electron chi connectivity index (χ4n) is 1.42. The Balaban J connectivity index is 4.51. The molecular formula is C11H29N3O3Si. The van der Waals surface area contributed by atoms with Crippen LogP contribution in [0.1, 0.15) is 26.7 Å². The molecule has 0 heterocycles. The van der Waals surface area contributed by atoms with Gasteiger partial charge in [0.2, 0.25) is 0 Å². The number of rotatable bonds is 12. The third-order valence-corrected chi connectivity index (χ3v) is 5.14. The Morgan fingerprint density at radius 2 is 1.61 bits per heavy atom. The third-order valence-electron chi connectivity index (χ3n) is 2.28. The van der Waals surface area contributed by atoms with Gasteiger partial charge in [0.15, 0.2) is 0 Å². The molecule has 0 aromatic carbocycles. The minimum atomic E-state index is -2.66. The summed E-state index contributed by atoms with van der Waals surface area (Å²) in [6.07, 6.45) is 2.06. The Bertz CT molecular complexity index is 175. The molecular weight excluding hydrogens is 250 g/mol. The minimum Gasteiger partial charge on any atom is -0.372 e. The largest absolute Gasteiger partial charge is 0.501 e. The Morgan fingerprint density at radius 3 is 2.00 bits per heavy atom. The summed E-state index contributed by atoms with van der Waals surface area (Å²) in [4.78, 5) is 0. The van der Waals surface area contributed by atoms with E-state index in [2.05, 4.69) is 6.92 Å². The predicted octanol–water partition coefficient (Wildman–Crippen LogP) is 0.0398. The van der Waals surface area contributed by atoms with Crippen LogP contribution >= 0.6 is 0 Å². The molecule has 7 heteroatoms. The number of hydrogen-bond acceptors (Lipinski definition) is 6. The lowest BCUT2D eigenvalue weighted by Gasteiger charge is -2.30. The zero-order chi connectivity index (χ0) is 13.9. The first-order chi connectivity index (χ1) is 8.60. The van der Waals surface area contributed by atoms with Crippen molar-refractivity contribution in [1.82, 2.24) is 0 Å². The molecule has 110 valence electrons. The SMILES string of the molecule is CCCC[Si](OCCN)(OCCN)OCC(C)N. The molecule has 0 spiro atoms. The van der Waals surface area contributed by atoms with E-state index in [9.17, 15) is 0 Å². The van der Waals surface area contributed by atoms with Crippen molar-refractivity contribution in [3.63, 3.8) is 0 Å². The first kappa shape index (κ1) is 18.0. The number of unbranched alkanes of at least 4 members (excludes halogenated alkanes) is 1. The lowest BCUT2D eigenvalue weighted by molar-refractivity contribution is 0.0597. The van der Waals surface area contributed by atoms with Crippen molar-refractivity contribution in [3.05, 3.63) is 0 Å². The molecule has 0 aromatic rings. The molecule has 0 saturated carbocycles. The van der Waals surface area contributed by atoms with E-state index in [0.29, 0.717) is 32.9 Å². The normalized spacial score (nSPS) is 13.8. The molecule has 0 bridgehead atoms. The monoisotopic (exact) mass is 279 g/mol. The quantitative estimate of drug-likeness (QED) is 0.436. The van der Waals surface area contributed by atoms with E-state index < -0.39 is 8.80 Å². The van der Waals surface area contributed by atoms with Crippen LogP contribution in [0.5, 0.6) is 0 Å². The molecule has 0 amide bonds. The van der Waals surface area contributed by atoms with Crippen molar-refractivity contribution in [1.29, 1.82) is 0 Å². The van der Waals surface area contributed by atoms with Crippen LogP contribution in [0.25, 0.3) is 0 Å². The molecule has 1 unspecified atom stereocenters. The minimum absolute atomic E-state index is 0.0403. The first-order valence-electron chi connectivity index (χ1n) is 6.67. The van der Waals surface area contributed by atoms with Crippen LogP contribution in [0.2, 0.25) is 6.04 Å². The second-order valence-corrected chi connectivity index (χ2v) is 7.08. The van der Waals surface area contributed by atoms with Crippen LogP contribution in [0, 0.1) is 0 Å². The summed E-state index contributed by atoms with van der Waals surface area (Å²) in [6.45, 7) is 6.24. The highest BCUT2D eigenvalue weighted by atomic mass is 28.4. The van der Waals surface area contributed by atoms with Crippen LogP contribution < -0.4 is 17.2 Å². The van der Waals surface area contributed by atoms with Crippen LogP contribution in [-0.4, -0.2) is 47.8 Å². The molecule has 1 atom stereocenters. The molecule has 18 heavy (non-hydrogen) atoms. The number of hydrogen-bond donors (Lipinski definition) is 3. The maximum Gasteiger partial charge on any atom is 0.501 e. The van der Waals surface area contributed by atoms with E-state index in [1.54, 1.807) is 0 Å². The average molecular weight is 279 g/mol. The smallest absolute Gasteiger partial charge is 0.372 e. The van der Waals surface area contributed by atoms with Gasteiger partial charge in [0.25, 0.3) is 0 Å².